The van der Waals surface area contributed by atoms with E-state index in [2.05, 4.69) is 10.5 Å². The molecular formula is C15H21N4O3. The lowest BCUT2D eigenvalue weighted by molar-refractivity contribution is 0.104. The minimum atomic E-state index is -0.250. The SMILES string of the molecule is COc1cc(C2=NN(C(C)C)C(=O)N(C(C)C)[N]2)ccc1O. The number of nitrogens with zero attached hydrogens (tertiary/aromatic N) is 4. The Kier molecular flexibility index (Phi) is 4.44. The molecule has 0 bridgehead atoms. The number of methoxy groups -OCH3 is 1. The van der Waals surface area contributed by atoms with Gasteiger partial charge in [-0.1, -0.05) is 0 Å². The van der Waals surface area contributed by atoms with Gasteiger partial charge >= 0.3 is 6.03 Å². The van der Waals surface area contributed by atoms with Crippen LogP contribution in [0.2, 0.25) is 0 Å². The summed E-state index contributed by atoms with van der Waals surface area (Å²) in [5, 5.41) is 16.8. The second-order valence-electron chi connectivity index (χ2n) is 5.57. The van der Waals surface area contributed by atoms with Crippen LogP contribution in [-0.4, -0.2) is 46.2 Å². The molecule has 0 spiro atoms. The smallest absolute Gasteiger partial charge is 0.361 e. The predicted molar refractivity (Wildman–Crippen MR) is 82.7 cm³/mol. The number of hydrazone groups is 1. The summed E-state index contributed by atoms with van der Waals surface area (Å²) in [4.78, 5) is 12.3. The molecule has 0 atom stereocenters. The largest absolute Gasteiger partial charge is 0.504 e. The number of carbonyl (C=O) groups is 1. The monoisotopic (exact) mass is 305 g/mol. The van der Waals surface area contributed by atoms with Crippen molar-refractivity contribution in [3.05, 3.63) is 23.8 Å². The molecule has 0 fully saturated rings. The van der Waals surface area contributed by atoms with Gasteiger partial charge in [-0.3, -0.25) is 0 Å². The van der Waals surface area contributed by atoms with Gasteiger partial charge in [0.25, 0.3) is 0 Å². The van der Waals surface area contributed by atoms with Gasteiger partial charge in [0.15, 0.2) is 17.3 Å². The van der Waals surface area contributed by atoms with E-state index in [1.54, 1.807) is 12.1 Å². The van der Waals surface area contributed by atoms with Crippen LogP contribution in [-0.2, 0) is 0 Å². The lowest BCUT2D eigenvalue weighted by Crippen LogP contribution is -2.56. The first-order valence-electron chi connectivity index (χ1n) is 7.15. The molecule has 1 aliphatic heterocycles. The molecule has 1 heterocycles. The number of urea groups is 1. The fourth-order valence-corrected chi connectivity index (χ4v) is 2.02. The van der Waals surface area contributed by atoms with Crippen LogP contribution in [0.5, 0.6) is 11.5 Å². The standard InChI is InChI=1S/C15H21N4O3/c1-9(2)18-15(21)19(10(3)4)17-14(16-18)11-6-7-12(20)13(8-11)22-5/h6-10,20H,1-5H3. The molecule has 1 aliphatic rings. The van der Waals surface area contributed by atoms with E-state index in [0.717, 1.165) is 0 Å². The summed E-state index contributed by atoms with van der Waals surface area (Å²) in [5.74, 6) is 0.778. The molecule has 0 aromatic heterocycles. The Bertz CT molecular complexity index is 598. The molecule has 2 amide bonds. The summed E-state index contributed by atoms with van der Waals surface area (Å²) in [6.45, 7) is 7.56. The molecule has 0 saturated heterocycles. The van der Waals surface area contributed by atoms with Crippen LogP contribution in [0.4, 0.5) is 4.79 Å². The Morgan fingerprint density at radius 3 is 2.32 bits per heavy atom. The van der Waals surface area contributed by atoms with Gasteiger partial charge in [-0.2, -0.15) is 0 Å². The number of amides is 2. The minimum Gasteiger partial charge on any atom is -0.504 e. The van der Waals surface area contributed by atoms with Crippen molar-refractivity contribution in [2.45, 2.75) is 39.8 Å². The highest BCUT2D eigenvalue weighted by atomic mass is 16.5. The number of benzene rings is 1. The third-order valence-corrected chi connectivity index (χ3v) is 3.21. The van der Waals surface area contributed by atoms with E-state index in [9.17, 15) is 9.90 Å². The number of ether oxygens (including phenoxy) is 1. The summed E-state index contributed by atoms with van der Waals surface area (Å²) in [6, 6.07) is 4.43. The maximum Gasteiger partial charge on any atom is 0.361 e. The Balaban J connectivity index is 2.44. The molecule has 22 heavy (non-hydrogen) atoms. The highest BCUT2D eigenvalue weighted by Crippen LogP contribution is 2.27. The van der Waals surface area contributed by atoms with Crippen molar-refractivity contribution in [1.82, 2.24) is 15.4 Å². The van der Waals surface area contributed by atoms with E-state index >= 15 is 0 Å². The highest BCUT2D eigenvalue weighted by Gasteiger charge is 2.33. The third-order valence-electron chi connectivity index (χ3n) is 3.21. The molecular weight excluding hydrogens is 284 g/mol. The first-order valence-corrected chi connectivity index (χ1v) is 7.15. The van der Waals surface area contributed by atoms with Crippen molar-refractivity contribution < 1.29 is 14.6 Å². The predicted octanol–water partition coefficient (Wildman–Crippen LogP) is 2.14. The summed E-state index contributed by atoms with van der Waals surface area (Å²) >= 11 is 0. The first kappa shape index (κ1) is 15.9. The summed E-state index contributed by atoms with van der Waals surface area (Å²) < 4.78 is 5.11. The molecule has 2 rings (SSSR count). The highest BCUT2D eigenvalue weighted by molar-refractivity contribution is 6.01. The van der Waals surface area contributed by atoms with Gasteiger partial charge in [-0.15, -0.1) is 10.5 Å². The Hall–Kier alpha value is -2.44. The van der Waals surface area contributed by atoms with Gasteiger partial charge in [0, 0.05) is 5.56 Å². The number of phenols is 1. The van der Waals surface area contributed by atoms with E-state index in [1.165, 1.54) is 23.2 Å². The van der Waals surface area contributed by atoms with Crippen LogP contribution >= 0.6 is 0 Å². The normalized spacial score (nSPS) is 15.2. The van der Waals surface area contributed by atoms with Crippen molar-refractivity contribution in [3.8, 4) is 11.5 Å². The van der Waals surface area contributed by atoms with E-state index in [4.69, 9.17) is 4.74 Å². The molecule has 1 N–H and O–H groups in total. The molecule has 1 radical (unpaired) electrons. The fraction of sp³-hybridized carbons (Fsp3) is 0.467. The lowest BCUT2D eigenvalue weighted by Gasteiger charge is -2.35. The number of aromatic hydroxyl groups is 1. The maximum absolute atomic E-state index is 12.3. The number of rotatable bonds is 4. The molecule has 119 valence electrons. The average molecular weight is 305 g/mol. The van der Waals surface area contributed by atoms with Crippen molar-refractivity contribution >= 4 is 11.9 Å². The molecule has 7 nitrogen and oxygen atoms in total. The van der Waals surface area contributed by atoms with Crippen LogP contribution in [0, 0.1) is 0 Å². The molecule has 1 aromatic rings. The number of hydrogen-bond acceptors (Lipinski definition) is 4. The van der Waals surface area contributed by atoms with E-state index in [0.29, 0.717) is 17.1 Å². The number of hydrogen-bond donors (Lipinski definition) is 1. The van der Waals surface area contributed by atoms with Crippen molar-refractivity contribution in [1.29, 1.82) is 0 Å². The van der Waals surface area contributed by atoms with Crippen LogP contribution in [0.1, 0.15) is 33.3 Å². The van der Waals surface area contributed by atoms with Crippen LogP contribution in [0.25, 0.3) is 0 Å². The van der Waals surface area contributed by atoms with E-state index in [-0.39, 0.29) is 23.9 Å². The first-order chi connectivity index (χ1) is 10.3. The summed E-state index contributed by atoms with van der Waals surface area (Å²) in [6.07, 6.45) is 0. The average Bonchev–Trinajstić information content (AvgIpc) is 2.47. The minimum absolute atomic E-state index is 0.0418. The molecule has 7 heteroatoms. The van der Waals surface area contributed by atoms with Crippen molar-refractivity contribution in [2.24, 2.45) is 5.10 Å². The zero-order chi connectivity index (χ0) is 16.4. The number of amidine groups is 1. The van der Waals surface area contributed by atoms with Gasteiger partial charge in [0.2, 0.25) is 0 Å². The summed E-state index contributed by atoms with van der Waals surface area (Å²) in [5.41, 5.74) is 4.99. The fourth-order valence-electron chi connectivity index (χ4n) is 2.02. The van der Waals surface area contributed by atoms with Gasteiger partial charge in [-0.05, 0) is 45.9 Å². The van der Waals surface area contributed by atoms with Crippen molar-refractivity contribution in [3.63, 3.8) is 0 Å². The Morgan fingerprint density at radius 1 is 1.14 bits per heavy atom. The van der Waals surface area contributed by atoms with Crippen molar-refractivity contribution in [2.75, 3.05) is 7.11 Å². The van der Waals surface area contributed by atoms with E-state index < -0.39 is 0 Å². The van der Waals surface area contributed by atoms with Gasteiger partial charge in [-0.25, -0.2) is 14.8 Å². The van der Waals surface area contributed by atoms with Gasteiger partial charge < -0.3 is 9.84 Å². The second-order valence-corrected chi connectivity index (χ2v) is 5.57. The molecule has 0 saturated carbocycles. The molecule has 0 unspecified atom stereocenters. The second kappa shape index (κ2) is 6.13. The molecule has 0 aliphatic carbocycles. The Labute approximate surface area is 130 Å². The van der Waals surface area contributed by atoms with Crippen LogP contribution in [0.15, 0.2) is 23.3 Å². The topological polar surface area (TPSA) is 79.5 Å². The lowest BCUT2D eigenvalue weighted by atomic mass is 10.2. The van der Waals surface area contributed by atoms with Crippen LogP contribution < -0.4 is 10.2 Å². The molecule has 1 aromatic carbocycles. The zero-order valence-electron chi connectivity index (χ0n) is 13.4. The Morgan fingerprint density at radius 2 is 1.77 bits per heavy atom. The number of carbonyl (C=O) groups excluding carboxylic acids is 1. The quantitative estimate of drug-likeness (QED) is 0.925. The third kappa shape index (κ3) is 2.93. The zero-order valence-corrected chi connectivity index (χ0v) is 13.4. The van der Waals surface area contributed by atoms with Gasteiger partial charge in [0.1, 0.15) is 0 Å². The summed E-state index contributed by atoms with van der Waals surface area (Å²) in [7, 11) is 1.48. The van der Waals surface area contributed by atoms with E-state index in [1.807, 2.05) is 27.7 Å². The van der Waals surface area contributed by atoms with Crippen LogP contribution in [0.3, 0.4) is 0 Å². The van der Waals surface area contributed by atoms with Gasteiger partial charge in [0.05, 0.1) is 19.2 Å². The maximum atomic E-state index is 12.3. The number of phenolic OH excluding ortho intramolecular Hbond substituents is 1.